The van der Waals surface area contributed by atoms with Gasteiger partial charge in [-0.3, -0.25) is 0 Å². The van der Waals surface area contributed by atoms with Crippen LogP contribution in [-0.2, 0) is 6.54 Å². The first-order valence-electron chi connectivity index (χ1n) is 6.61. The van der Waals surface area contributed by atoms with Crippen molar-refractivity contribution in [1.82, 2.24) is 9.55 Å². The molecular weight excluding hydrogens is 250 g/mol. The third kappa shape index (κ3) is 3.62. The van der Waals surface area contributed by atoms with E-state index >= 15 is 0 Å². The van der Waals surface area contributed by atoms with E-state index in [4.69, 9.17) is 10.5 Å². The highest BCUT2D eigenvalue weighted by Gasteiger charge is 2.01. The molecule has 0 amide bonds. The molecule has 0 spiro atoms. The Morgan fingerprint density at radius 3 is 2.85 bits per heavy atom. The van der Waals surface area contributed by atoms with Crippen molar-refractivity contribution in [2.75, 3.05) is 13.2 Å². The maximum atomic E-state index is 5.80. The molecule has 2 aromatic rings. The van der Waals surface area contributed by atoms with Crippen molar-refractivity contribution in [1.29, 1.82) is 0 Å². The molecule has 0 fully saturated rings. The van der Waals surface area contributed by atoms with Crippen molar-refractivity contribution in [3.8, 4) is 17.6 Å². The fourth-order valence-corrected chi connectivity index (χ4v) is 1.94. The average molecular weight is 269 g/mol. The second-order valence-electron chi connectivity index (χ2n) is 4.50. The van der Waals surface area contributed by atoms with Crippen LogP contribution in [0.15, 0.2) is 30.6 Å². The lowest BCUT2D eigenvalue weighted by Crippen LogP contribution is -2.09. The smallest absolute Gasteiger partial charge is 0.122 e. The van der Waals surface area contributed by atoms with E-state index in [2.05, 4.69) is 21.4 Å². The Morgan fingerprint density at radius 2 is 2.20 bits per heavy atom. The van der Waals surface area contributed by atoms with Crippen molar-refractivity contribution < 1.29 is 4.74 Å². The maximum Gasteiger partial charge on any atom is 0.122 e. The van der Waals surface area contributed by atoms with Crippen molar-refractivity contribution >= 4 is 0 Å². The highest BCUT2D eigenvalue weighted by Crippen LogP contribution is 2.18. The zero-order chi connectivity index (χ0) is 14.4. The van der Waals surface area contributed by atoms with Crippen molar-refractivity contribution in [3.05, 3.63) is 47.5 Å². The van der Waals surface area contributed by atoms with Crippen LogP contribution >= 0.6 is 0 Å². The number of aryl methyl sites for hydroxylation is 2. The lowest BCUT2D eigenvalue weighted by Gasteiger charge is -2.10. The minimum absolute atomic E-state index is 0.377. The molecule has 0 unspecified atom stereocenters. The molecule has 0 saturated heterocycles. The number of rotatable bonds is 4. The topological polar surface area (TPSA) is 53.1 Å². The zero-order valence-corrected chi connectivity index (χ0v) is 11.9. The molecule has 1 aromatic carbocycles. The number of imidazole rings is 1. The highest BCUT2D eigenvalue weighted by atomic mass is 16.5. The molecule has 0 atom stereocenters. The largest absolute Gasteiger partial charge is 0.491 e. The monoisotopic (exact) mass is 269 g/mol. The summed E-state index contributed by atoms with van der Waals surface area (Å²) in [7, 11) is 0. The van der Waals surface area contributed by atoms with Crippen molar-refractivity contribution in [2.24, 2.45) is 5.73 Å². The zero-order valence-electron chi connectivity index (χ0n) is 11.9. The molecule has 0 aliphatic heterocycles. The summed E-state index contributed by atoms with van der Waals surface area (Å²) >= 11 is 0. The van der Waals surface area contributed by atoms with E-state index in [9.17, 15) is 0 Å². The lowest BCUT2D eigenvalue weighted by molar-refractivity contribution is 0.295. The third-order valence-corrected chi connectivity index (χ3v) is 3.02. The second-order valence-corrected chi connectivity index (χ2v) is 4.50. The van der Waals surface area contributed by atoms with E-state index in [1.54, 1.807) is 6.20 Å². The first-order valence-corrected chi connectivity index (χ1v) is 6.61. The number of aromatic nitrogens is 2. The fraction of sp³-hybridized carbons (Fsp3) is 0.312. The number of nitrogens with two attached hydrogens (primary N) is 1. The van der Waals surface area contributed by atoms with Gasteiger partial charge in [0.25, 0.3) is 0 Å². The summed E-state index contributed by atoms with van der Waals surface area (Å²) in [6.45, 7) is 5.79. The summed E-state index contributed by atoms with van der Waals surface area (Å²) in [5.41, 5.74) is 7.41. The molecule has 1 aromatic heterocycles. The van der Waals surface area contributed by atoms with Crippen LogP contribution in [0.4, 0.5) is 0 Å². The standard InChI is InChI=1S/C16H19N3O/c1-13-12-15(4-3-7-17)5-6-16(13)20-11-10-19-9-8-18-14(19)2/h5-6,8-9,12H,7,10-11,17H2,1-2H3. The van der Waals surface area contributed by atoms with Gasteiger partial charge in [0.15, 0.2) is 0 Å². The molecule has 4 nitrogen and oxygen atoms in total. The maximum absolute atomic E-state index is 5.80. The number of hydrogen-bond donors (Lipinski definition) is 1. The van der Waals surface area contributed by atoms with Gasteiger partial charge in [-0.25, -0.2) is 4.98 Å². The molecule has 104 valence electrons. The summed E-state index contributed by atoms with van der Waals surface area (Å²) in [5.74, 6) is 7.75. The van der Waals surface area contributed by atoms with Crippen molar-refractivity contribution in [3.63, 3.8) is 0 Å². The van der Waals surface area contributed by atoms with Gasteiger partial charge < -0.3 is 15.0 Å². The lowest BCUT2D eigenvalue weighted by atomic mass is 10.1. The van der Waals surface area contributed by atoms with Gasteiger partial charge in [-0.2, -0.15) is 0 Å². The van der Waals surface area contributed by atoms with E-state index in [-0.39, 0.29) is 0 Å². The Bertz CT molecular complexity index is 635. The third-order valence-electron chi connectivity index (χ3n) is 3.02. The van der Waals surface area contributed by atoms with Gasteiger partial charge in [-0.1, -0.05) is 11.8 Å². The van der Waals surface area contributed by atoms with Gasteiger partial charge in [-0.05, 0) is 37.6 Å². The summed E-state index contributed by atoms with van der Waals surface area (Å²) in [4.78, 5) is 4.18. The molecule has 0 aliphatic rings. The second kappa shape index (κ2) is 6.78. The number of benzene rings is 1. The average Bonchev–Trinajstić information content (AvgIpc) is 2.84. The predicted octanol–water partition coefficient (Wildman–Crippen LogP) is 1.89. The Labute approximate surface area is 119 Å². The molecule has 4 heteroatoms. The molecule has 20 heavy (non-hydrogen) atoms. The van der Waals surface area contributed by atoms with E-state index in [0.717, 1.165) is 29.2 Å². The fourth-order valence-electron chi connectivity index (χ4n) is 1.94. The summed E-state index contributed by atoms with van der Waals surface area (Å²) in [5, 5.41) is 0. The van der Waals surface area contributed by atoms with Crippen LogP contribution in [0.5, 0.6) is 5.75 Å². The first kappa shape index (κ1) is 14.2. The molecule has 0 saturated carbocycles. The van der Waals surface area contributed by atoms with Gasteiger partial charge in [0.2, 0.25) is 0 Å². The molecule has 0 bridgehead atoms. The van der Waals surface area contributed by atoms with Crippen LogP contribution in [-0.4, -0.2) is 22.7 Å². The van der Waals surface area contributed by atoms with Crippen LogP contribution in [0.3, 0.4) is 0 Å². The van der Waals surface area contributed by atoms with E-state index in [1.807, 2.05) is 38.2 Å². The molecule has 2 rings (SSSR count). The minimum atomic E-state index is 0.377. The Kier molecular flexibility index (Phi) is 4.80. The van der Waals surface area contributed by atoms with Crippen LogP contribution < -0.4 is 10.5 Å². The van der Waals surface area contributed by atoms with E-state index < -0.39 is 0 Å². The van der Waals surface area contributed by atoms with Gasteiger partial charge in [0.1, 0.15) is 18.2 Å². The number of hydrogen-bond acceptors (Lipinski definition) is 3. The van der Waals surface area contributed by atoms with Crippen LogP contribution in [0, 0.1) is 25.7 Å². The van der Waals surface area contributed by atoms with Crippen molar-refractivity contribution in [2.45, 2.75) is 20.4 Å². The first-order chi connectivity index (χ1) is 9.70. The molecule has 2 N–H and O–H groups in total. The summed E-state index contributed by atoms with van der Waals surface area (Å²) < 4.78 is 7.87. The predicted molar refractivity (Wildman–Crippen MR) is 79.6 cm³/mol. The van der Waals surface area contributed by atoms with Gasteiger partial charge in [0, 0.05) is 18.0 Å². The van der Waals surface area contributed by atoms with E-state index in [1.165, 1.54) is 0 Å². The Hall–Kier alpha value is -2.25. The van der Waals surface area contributed by atoms with Crippen LogP contribution in [0.25, 0.3) is 0 Å². The number of ether oxygens (including phenoxy) is 1. The molecule has 1 heterocycles. The molecule has 0 aliphatic carbocycles. The van der Waals surface area contributed by atoms with Gasteiger partial charge >= 0.3 is 0 Å². The van der Waals surface area contributed by atoms with Gasteiger partial charge in [0.05, 0.1) is 13.1 Å². The quantitative estimate of drug-likeness (QED) is 0.862. The normalized spacial score (nSPS) is 9.95. The molecule has 0 radical (unpaired) electrons. The van der Waals surface area contributed by atoms with E-state index in [0.29, 0.717) is 13.2 Å². The Balaban J connectivity index is 1.95. The van der Waals surface area contributed by atoms with Crippen LogP contribution in [0.1, 0.15) is 17.0 Å². The van der Waals surface area contributed by atoms with Gasteiger partial charge in [-0.15, -0.1) is 0 Å². The summed E-state index contributed by atoms with van der Waals surface area (Å²) in [6, 6.07) is 5.92. The SMILES string of the molecule is Cc1cc(C#CCN)ccc1OCCn1ccnc1C. The number of nitrogens with zero attached hydrogens (tertiary/aromatic N) is 2. The summed E-state index contributed by atoms with van der Waals surface area (Å²) in [6.07, 6.45) is 3.75. The highest BCUT2D eigenvalue weighted by molar-refractivity contribution is 5.43. The molecular formula is C16H19N3O. The minimum Gasteiger partial charge on any atom is -0.491 e. The Morgan fingerprint density at radius 1 is 1.35 bits per heavy atom. The van der Waals surface area contributed by atoms with Crippen LogP contribution in [0.2, 0.25) is 0 Å².